The molecule has 2 fully saturated rings. The predicted octanol–water partition coefficient (Wildman–Crippen LogP) is 7.54. The zero-order valence-electron chi connectivity index (χ0n) is 35.6. The number of aryl methyl sites for hydroxylation is 1. The van der Waals surface area contributed by atoms with E-state index in [4.69, 9.17) is 4.74 Å². The first-order valence-corrected chi connectivity index (χ1v) is 21.2. The molecule has 310 valence electrons. The van der Waals surface area contributed by atoms with Crippen molar-refractivity contribution in [1.29, 1.82) is 0 Å². The molecule has 0 saturated carbocycles. The molecule has 4 atom stereocenters. The minimum atomic E-state index is -1.05. The fraction of sp³-hybridized carbons (Fsp3) is 0.689. The first-order valence-electron chi connectivity index (χ1n) is 21.2. The van der Waals surface area contributed by atoms with E-state index in [-0.39, 0.29) is 30.1 Å². The summed E-state index contributed by atoms with van der Waals surface area (Å²) in [4.78, 5) is 29.3. The Bertz CT molecular complexity index is 1380. The van der Waals surface area contributed by atoms with Gasteiger partial charge in [0.1, 0.15) is 0 Å². The normalized spacial score (nSPS) is 18.3. The summed E-state index contributed by atoms with van der Waals surface area (Å²) in [5.74, 6) is 1.05. The maximum atomic E-state index is 13.4. The van der Waals surface area contributed by atoms with Crippen LogP contribution >= 0.6 is 0 Å². The largest absolute Gasteiger partial charge is 0.385 e. The molecule has 2 aliphatic heterocycles. The molecule has 10 nitrogen and oxygen atoms in total. The Morgan fingerprint density at radius 3 is 1.93 bits per heavy atom. The number of benzene rings is 2. The second kappa shape index (κ2) is 24.5. The standard InChI is InChI=1S/C32H49N3O3.C13H27N3O/c1-24(2)21-28(22-33-4)34-31(36)35-19-10-11-27(23-35)32(37,18-8-9-20-38-5)30-13-7-6-12-29(30)26-16-14-25(3)15-17-26;1-11(2)9-12(10-14-3)15-13(17)16-7-5-4-6-8-16/h6-7,12-17,24,27-28,33,37H,8-11,18-23H2,1-5H3,(H,34,36);11-12,14H,4-10H2,1-3H3,(H,15,17)/t27-,28+,32+;12-/m10/s1. The third kappa shape index (κ3) is 15.4. The van der Waals surface area contributed by atoms with E-state index < -0.39 is 5.60 Å². The maximum absolute atomic E-state index is 13.4. The van der Waals surface area contributed by atoms with Gasteiger partial charge in [-0.25, -0.2) is 9.59 Å². The van der Waals surface area contributed by atoms with Crippen molar-refractivity contribution in [3.63, 3.8) is 0 Å². The number of likely N-dealkylation sites (N-methyl/N-ethyl adjacent to an activating group) is 2. The van der Waals surface area contributed by atoms with E-state index in [1.807, 2.05) is 36.0 Å². The molecule has 0 bridgehead atoms. The Kier molecular flexibility index (Phi) is 20.5. The van der Waals surface area contributed by atoms with E-state index >= 15 is 0 Å². The zero-order valence-corrected chi connectivity index (χ0v) is 35.6. The number of hydrogen-bond acceptors (Lipinski definition) is 6. The van der Waals surface area contributed by atoms with Gasteiger partial charge in [0.2, 0.25) is 0 Å². The van der Waals surface area contributed by atoms with Gasteiger partial charge in [0.25, 0.3) is 0 Å². The lowest BCUT2D eigenvalue weighted by Crippen LogP contribution is -2.54. The molecule has 10 heteroatoms. The summed E-state index contributed by atoms with van der Waals surface area (Å²) in [7, 11) is 5.57. The molecule has 4 amide bonds. The molecule has 0 radical (unpaired) electrons. The van der Waals surface area contributed by atoms with Crippen LogP contribution in [-0.2, 0) is 10.3 Å². The molecule has 4 rings (SSSR count). The first kappa shape index (κ1) is 46.2. The van der Waals surface area contributed by atoms with Crippen LogP contribution in [0.5, 0.6) is 0 Å². The molecule has 0 aromatic heterocycles. The van der Waals surface area contributed by atoms with Crippen molar-refractivity contribution >= 4 is 12.1 Å². The third-order valence-corrected chi connectivity index (χ3v) is 11.0. The topological polar surface area (TPSA) is 118 Å². The van der Waals surface area contributed by atoms with Gasteiger partial charge in [-0.15, -0.1) is 0 Å². The van der Waals surface area contributed by atoms with Crippen LogP contribution in [0, 0.1) is 24.7 Å². The van der Waals surface area contributed by atoms with Crippen molar-refractivity contribution < 1.29 is 19.4 Å². The van der Waals surface area contributed by atoms with Crippen LogP contribution in [0.1, 0.15) is 103 Å². The van der Waals surface area contributed by atoms with E-state index in [0.29, 0.717) is 31.4 Å². The summed E-state index contributed by atoms with van der Waals surface area (Å²) in [6.07, 6.45) is 9.66. The van der Waals surface area contributed by atoms with E-state index in [1.165, 1.54) is 12.0 Å². The molecule has 2 aromatic carbocycles. The molecular weight excluding hydrogens is 689 g/mol. The molecule has 0 unspecified atom stereocenters. The molecule has 55 heavy (non-hydrogen) atoms. The molecule has 2 aliphatic rings. The fourth-order valence-electron chi connectivity index (χ4n) is 8.24. The van der Waals surface area contributed by atoms with Crippen molar-refractivity contribution in [3.8, 4) is 11.1 Å². The molecule has 2 saturated heterocycles. The summed E-state index contributed by atoms with van der Waals surface area (Å²) in [5.41, 5.74) is 3.30. The summed E-state index contributed by atoms with van der Waals surface area (Å²) >= 11 is 0. The summed E-state index contributed by atoms with van der Waals surface area (Å²) in [6, 6.07) is 17.2. The number of methoxy groups -OCH3 is 1. The Morgan fingerprint density at radius 2 is 1.36 bits per heavy atom. The number of carbonyl (C=O) groups excluding carboxylic acids is 2. The van der Waals surface area contributed by atoms with Crippen LogP contribution in [0.2, 0.25) is 0 Å². The molecule has 0 spiro atoms. The number of rotatable bonds is 18. The monoisotopic (exact) mass is 765 g/mol. The number of carbonyl (C=O) groups is 2. The second-order valence-electron chi connectivity index (χ2n) is 16.8. The Labute approximate surface area is 333 Å². The van der Waals surface area contributed by atoms with Gasteiger partial charge in [0, 0.05) is 71.0 Å². The molecule has 0 aliphatic carbocycles. The van der Waals surface area contributed by atoms with Gasteiger partial charge in [-0.05, 0) is 114 Å². The van der Waals surface area contributed by atoms with Crippen molar-refractivity contribution in [3.05, 3.63) is 59.7 Å². The van der Waals surface area contributed by atoms with Gasteiger partial charge in [-0.1, -0.05) is 81.8 Å². The Morgan fingerprint density at radius 1 is 0.800 bits per heavy atom. The quantitative estimate of drug-likeness (QED) is 0.100. The van der Waals surface area contributed by atoms with Gasteiger partial charge in [-0.2, -0.15) is 0 Å². The highest BCUT2D eigenvalue weighted by molar-refractivity contribution is 5.75. The number of nitrogens with zero attached hydrogens (tertiary/aromatic N) is 2. The molecule has 5 N–H and O–H groups in total. The average Bonchev–Trinajstić information content (AvgIpc) is 3.17. The summed E-state index contributed by atoms with van der Waals surface area (Å²) in [6.45, 7) is 16.2. The minimum Gasteiger partial charge on any atom is -0.385 e. The first-order chi connectivity index (χ1) is 26.4. The lowest BCUT2D eigenvalue weighted by Gasteiger charge is -2.44. The van der Waals surface area contributed by atoms with E-state index in [9.17, 15) is 14.7 Å². The van der Waals surface area contributed by atoms with Gasteiger partial charge in [-0.3, -0.25) is 0 Å². The van der Waals surface area contributed by atoms with Crippen LogP contribution in [0.15, 0.2) is 48.5 Å². The number of amides is 4. The van der Waals surface area contributed by atoms with Crippen LogP contribution < -0.4 is 21.3 Å². The highest BCUT2D eigenvalue weighted by atomic mass is 16.5. The minimum absolute atomic E-state index is 0.0239. The Hall–Kier alpha value is -3.18. The number of hydrogen-bond donors (Lipinski definition) is 5. The van der Waals surface area contributed by atoms with E-state index in [2.05, 4.69) is 92.3 Å². The van der Waals surface area contributed by atoms with Crippen LogP contribution in [0.4, 0.5) is 9.59 Å². The smallest absolute Gasteiger partial charge is 0.317 e. The number of piperidine rings is 2. The highest BCUT2D eigenvalue weighted by Crippen LogP contribution is 2.43. The highest BCUT2D eigenvalue weighted by Gasteiger charge is 2.42. The average molecular weight is 765 g/mol. The number of aliphatic hydroxyl groups is 1. The lowest BCUT2D eigenvalue weighted by atomic mass is 9.72. The van der Waals surface area contributed by atoms with Gasteiger partial charge < -0.3 is 40.9 Å². The number of nitrogens with one attached hydrogen (secondary N) is 4. The predicted molar refractivity (Wildman–Crippen MR) is 227 cm³/mol. The van der Waals surface area contributed by atoms with Gasteiger partial charge in [0.15, 0.2) is 0 Å². The summed E-state index contributed by atoms with van der Waals surface area (Å²) in [5, 5.41) is 25.3. The van der Waals surface area contributed by atoms with Crippen molar-refractivity contribution in [1.82, 2.24) is 31.1 Å². The lowest BCUT2D eigenvalue weighted by molar-refractivity contribution is -0.0559. The van der Waals surface area contributed by atoms with E-state index in [1.54, 1.807) is 7.11 Å². The second-order valence-corrected chi connectivity index (χ2v) is 16.8. The number of unbranched alkanes of at least 4 members (excludes halogenated alkanes) is 1. The van der Waals surface area contributed by atoms with Crippen LogP contribution in [-0.4, -0.2) is 106 Å². The Balaban J connectivity index is 0.000000399. The van der Waals surface area contributed by atoms with Crippen molar-refractivity contribution in [2.75, 3.05) is 67.1 Å². The zero-order chi connectivity index (χ0) is 40.2. The van der Waals surface area contributed by atoms with Crippen LogP contribution in [0.25, 0.3) is 11.1 Å². The summed E-state index contributed by atoms with van der Waals surface area (Å²) < 4.78 is 5.30. The molecule has 2 aromatic rings. The number of ether oxygens (including phenoxy) is 1. The fourth-order valence-corrected chi connectivity index (χ4v) is 8.24. The number of urea groups is 2. The van der Waals surface area contributed by atoms with Crippen molar-refractivity contribution in [2.45, 2.75) is 117 Å². The number of likely N-dealkylation sites (tertiary alicyclic amines) is 2. The third-order valence-electron chi connectivity index (χ3n) is 11.0. The van der Waals surface area contributed by atoms with Crippen LogP contribution in [0.3, 0.4) is 0 Å². The maximum Gasteiger partial charge on any atom is 0.317 e. The van der Waals surface area contributed by atoms with Crippen molar-refractivity contribution in [2.24, 2.45) is 17.8 Å². The van der Waals surface area contributed by atoms with Gasteiger partial charge in [0.05, 0.1) is 5.60 Å². The molecule has 2 heterocycles. The SMILES string of the molecule is CNC[C@H](CC(C)C)NC(=O)N1CCCCC1.CNC[C@H](CC(C)C)NC(=O)N1CCC[C@@H]([C@@](O)(CCCCOC)c2ccccc2-c2ccc(C)cc2)C1. The van der Waals surface area contributed by atoms with E-state index in [0.717, 1.165) is 101 Å². The van der Waals surface area contributed by atoms with Gasteiger partial charge >= 0.3 is 12.1 Å². The molecular formula is C45H76N6O4.